The van der Waals surface area contributed by atoms with Crippen molar-refractivity contribution in [3.8, 4) is 0 Å². The van der Waals surface area contributed by atoms with Gasteiger partial charge >= 0.3 is 5.97 Å². The van der Waals surface area contributed by atoms with Crippen molar-refractivity contribution in [2.75, 3.05) is 0 Å². The fourth-order valence-corrected chi connectivity index (χ4v) is 2.53. The molecule has 6 heteroatoms. The third-order valence-corrected chi connectivity index (χ3v) is 3.51. The van der Waals surface area contributed by atoms with Gasteiger partial charge in [-0.3, -0.25) is 4.99 Å². The number of carbonyl (C=O) groups is 1. The van der Waals surface area contributed by atoms with Crippen molar-refractivity contribution in [2.24, 2.45) is 4.99 Å². The van der Waals surface area contributed by atoms with Gasteiger partial charge in [0, 0.05) is 17.5 Å². The Morgan fingerprint density at radius 3 is 2.68 bits per heavy atom. The fraction of sp³-hybridized carbons (Fsp3) is 0.125. The van der Waals surface area contributed by atoms with Gasteiger partial charge in [-0.25, -0.2) is 18.0 Å². The summed E-state index contributed by atoms with van der Waals surface area (Å²) >= 11 is 0. The van der Waals surface area contributed by atoms with Crippen LogP contribution in [0.2, 0.25) is 0 Å². The van der Waals surface area contributed by atoms with Crippen molar-refractivity contribution in [3.05, 3.63) is 64.5 Å². The van der Waals surface area contributed by atoms with Crippen LogP contribution in [-0.4, -0.2) is 16.8 Å². The highest BCUT2D eigenvalue weighted by Gasteiger charge is 2.25. The first-order valence-electron chi connectivity index (χ1n) is 6.48. The molecular formula is C16H10F3NO2. The summed E-state index contributed by atoms with van der Waals surface area (Å²) in [5.41, 5.74) is 0.966. The van der Waals surface area contributed by atoms with E-state index in [-0.39, 0.29) is 23.2 Å². The molecule has 3 rings (SSSR count). The van der Waals surface area contributed by atoms with Crippen LogP contribution in [-0.2, 0) is 6.42 Å². The largest absolute Gasteiger partial charge is 0.478 e. The van der Waals surface area contributed by atoms with Crippen LogP contribution in [0.15, 0.2) is 41.4 Å². The Hall–Kier alpha value is -2.63. The fourth-order valence-electron chi connectivity index (χ4n) is 2.53. The van der Waals surface area contributed by atoms with Gasteiger partial charge in [-0.2, -0.15) is 0 Å². The van der Waals surface area contributed by atoms with Crippen molar-refractivity contribution in [1.29, 1.82) is 0 Å². The quantitative estimate of drug-likeness (QED) is 0.926. The monoisotopic (exact) mass is 305 g/mol. The smallest absolute Gasteiger partial charge is 0.337 e. The lowest BCUT2D eigenvalue weighted by Gasteiger charge is -2.08. The van der Waals surface area contributed by atoms with Gasteiger partial charge < -0.3 is 5.11 Å². The number of alkyl halides is 2. The molecule has 22 heavy (non-hydrogen) atoms. The summed E-state index contributed by atoms with van der Waals surface area (Å²) in [7, 11) is 0. The molecule has 0 aliphatic carbocycles. The maximum absolute atomic E-state index is 13.2. The van der Waals surface area contributed by atoms with E-state index in [2.05, 4.69) is 4.99 Å². The number of nitrogens with zero attached hydrogens (tertiary/aromatic N) is 1. The van der Waals surface area contributed by atoms with Crippen LogP contribution in [0.1, 0.15) is 33.5 Å². The summed E-state index contributed by atoms with van der Waals surface area (Å²) in [6.07, 6.45) is -2.60. The van der Waals surface area contributed by atoms with Gasteiger partial charge in [-0.15, -0.1) is 0 Å². The molecule has 0 radical (unpaired) electrons. The van der Waals surface area contributed by atoms with Crippen LogP contribution in [0.5, 0.6) is 0 Å². The number of aromatic carboxylic acids is 1. The molecule has 0 amide bonds. The zero-order valence-electron chi connectivity index (χ0n) is 11.2. The third kappa shape index (κ3) is 2.36. The second kappa shape index (κ2) is 5.29. The Morgan fingerprint density at radius 1 is 1.23 bits per heavy atom. The van der Waals surface area contributed by atoms with E-state index in [4.69, 9.17) is 5.11 Å². The van der Waals surface area contributed by atoms with E-state index in [0.717, 1.165) is 12.1 Å². The second-order valence-electron chi connectivity index (χ2n) is 4.89. The molecule has 1 aliphatic rings. The first-order valence-corrected chi connectivity index (χ1v) is 6.48. The molecule has 1 heterocycles. The summed E-state index contributed by atoms with van der Waals surface area (Å²) in [6.45, 7) is 0. The summed E-state index contributed by atoms with van der Waals surface area (Å²) in [5, 5.41) is 9.15. The number of carboxylic acid groups (broad SMARTS) is 1. The number of benzene rings is 2. The molecule has 0 fully saturated rings. The molecule has 0 unspecified atom stereocenters. The minimum Gasteiger partial charge on any atom is -0.478 e. The van der Waals surface area contributed by atoms with E-state index in [9.17, 15) is 18.0 Å². The number of hydrogen-bond donors (Lipinski definition) is 1. The number of fused-ring (bicyclic) bond motifs is 1. The van der Waals surface area contributed by atoms with Crippen LogP contribution in [0.3, 0.4) is 0 Å². The normalized spacial score (nSPS) is 13.2. The van der Waals surface area contributed by atoms with Crippen LogP contribution in [0, 0.1) is 5.82 Å². The summed E-state index contributed by atoms with van der Waals surface area (Å²) < 4.78 is 39.3. The highest BCUT2D eigenvalue weighted by Crippen LogP contribution is 2.35. The van der Waals surface area contributed by atoms with Crippen molar-refractivity contribution in [3.63, 3.8) is 0 Å². The Bertz CT molecular complexity index is 800. The van der Waals surface area contributed by atoms with Crippen LogP contribution in [0.4, 0.5) is 18.9 Å². The molecule has 0 atom stereocenters. The lowest BCUT2D eigenvalue weighted by atomic mass is 9.99. The van der Waals surface area contributed by atoms with Crippen LogP contribution >= 0.6 is 0 Å². The number of hydrogen-bond acceptors (Lipinski definition) is 2. The number of para-hydroxylation sites is 1. The standard InChI is InChI=1S/C16H10F3NO2/c17-9-4-5-10(12(7-9)15(18)19)13-6-8-2-1-3-11(16(21)22)14(8)20-13/h1-5,7,15H,6H2,(H,21,22). The molecule has 0 spiro atoms. The van der Waals surface area contributed by atoms with Gasteiger partial charge in [0.2, 0.25) is 0 Å². The molecule has 3 nitrogen and oxygen atoms in total. The van der Waals surface area contributed by atoms with Crippen molar-refractivity contribution < 1.29 is 23.1 Å². The van der Waals surface area contributed by atoms with E-state index in [1.54, 1.807) is 12.1 Å². The molecular weight excluding hydrogens is 295 g/mol. The van der Waals surface area contributed by atoms with Gasteiger partial charge in [0.15, 0.2) is 0 Å². The lowest BCUT2D eigenvalue weighted by molar-refractivity contribution is 0.0697. The average molecular weight is 305 g/mol. The molecule has 1 aliphatic heterocycles. The molecule has 1 N–H and O–H groups in total. The lowest BCUT2D eigenvalue weighted by Crippen LogP contribution is -2.06. The summed E-state index contributed by atoms with van der Waals surface area (Å²) in [4.78, 5) is 15.4. The molecule has 0 saturated heterocycles. The molecule has 2 aromatic rings. The molecule has 0 saturated carbocycles. The first kappa shape index (κ1) is 14.3. The number of halogens is 3. The van der Waals surface area contributed by atoms with Crippen LogP contribution < -0.4 is 0 Å². The Kier molecular flexibility index (Phi) is 3.44. The molecule has 112 valence electrons. The Labute approximate surface area is 123 Å². The highest BCUT2D eigenvalue weighted by molar-refractivity contribution is 6.10. The second-order valence-corrected chi connectivity index (χ2v) is 4.89. The predicted octanol–water partition coefficient (Wildman–Crippen LogP) is 4.14. The van der Waals surface area contributed by atoms with E-state index < -0.39 is 23.8 Å². The number of aliphatic imine (C=N–C) groups is 1. The third-order valence-electron chi connectivity index (χ3n) is 3.51. The van der Waals surface area contributed by atoms with E-state index >= 15 is 0 Å². The zero-order chi connectivity index (χ0) is 15.9. The first-order chi connectivity index (χ1) is 10.5. The van der Waals surface area contributed by atoms with Gasteiger partial charge in [-0.1, -0.05) is 12.1 Å². The number of carboxylic acids is 1. The van der Waals surface area contributed by atoms with E-state index in [1.807, 2.05) is 0 Å². The molecule has 0 bridgehead atoms. The SMILES string of the molecule is O=C(O)c1cccc2c1N=C(c1ccc(F)cc1C(F)F)C2. The average Bonchev–Trinajstić information content (AvgIpc) is 2.90. The minimum atomic E-state index is -2.84. The summed E-state index contributed by atoms with van der Waals surface area (Å²) in [6, 6.07) is 7.81. The predicted molar refractivity (Wildman–Crippen MR) is 74.7 cm³/mol. The van der Waals surface area contributed by atoms with E-state index in [0.29, 0.717) is 11.3 Å². The van der Waals surface area contributed by atoms with Crippen molar-refractivity contribution >= 4 is 17.4 Å². The number of rotatable bonds is 3. The van der Waals surface area contributed by atoms with Gasteiger partial charge in [0.25, 0.3) is 6.43 Å². The minimum absolute atomic E-state index is 0.0215. The van der Waals surface area contributed by atoms with Crippen molar-refractivity contribution in [1.82, 2.24) is 0 Å². The van der Waals surface area contributed by atoms with Crippen molar-refractivity contribution in [2.45, 2.75) is 12.8 Å². The summed E-state index contributed by atoms with van der Waals surface area (Å²) in [5.74, 6) is -1.88. The maximum atomic E-state index is 13.2. The molecule has 2 aromatic carbocycles. The zero-order valence-corrected chi connectivity index (χ0v) is 11.2. The van der Waals surface area contributed by atoms with Gasteiger partial charge in [-0.05, 0) is 29.8 Å². The highest BCUT2D eigenvalue weighted by atomic mass is 19.3. The topological polar surface area (TPSA) is 49.7 Å². The maximum Gasteiger partial charge on any atom is 0.337 e. The van der Waals surface area contributed by atoms with E-state index in [1.165, 1.54) is 12.1 Å². The Balaban J connectivity index is 2.11. The van der Waals surface area contributed by atoms with Gasteiger partial charge in [0.05, 0.1) is 17.0 Å². The molecule has 0 aromatic heterocycles. The van der Waals surface area contributed by atoms with Crippen LogP contribution in [0.25, 0.3) is 0 Å². The van der Waals surface area contributed by atoms with Gasteiger partial charge in [0.1, 0.15) is 5.82 Å². The Morgan fingerprint density at radius 2 is 2.00 bits per heavy atom.